The minimum absolute atomic E-state index is 0.504. The summed E-state index contributed by atoms with van der Waals surface area (Å²) in [4.78, 5) is 0. The van der Waals surface area contributed by atoms with E-state index in [9.17, 15) is 0 Å². The number of hydrogen-bond donors (Lipinski definition) is 1. The van der Waals surface area contributed by atoms with Crippen molar-refractivity contribution in [2.45, 2.75) is 6.54 Å². The van der Waals surface area contributed by atoms with Crippen molar-refractivity contribution in [3.05, 3.63) is 46.1 Å². The first-order chi connectivity index (χ1) is 10.7. The van der Waals surface area contributed by atoms with Crippen LogP contribution in [0.2, 0.25) is 10.0 Å². The van der Waals surface area contributed by atoms with Gasteiger partial charge in [-0.3, -0.25) is 0 Å². The van der Waals surface area contributed by atoms with Gasteiger partial charge in [-0.2, -0.15) is 0 Å². The predicted molar refractivity (Wildman–Crippen MR) is 88.6 cm³/mol. The summed E-state index contributed by atoms with van der Waals surface area (Å²) in [6.07, 6.45) is 0. The summed E-state index contributed by atoms with van der Waals surface area (Å²) < 4.78 is 16.0. The highest BCUT2D eigenvalue weighted by Gasteiger charge is 2.10. The molecule has 0 atom stereocenters. The summed E-state index contributed by atoms with van der Waals surface area (Å²) in [6, 6.07) is 9.30. The maximum absolute atomic E-state index is 6.19. The van der Waals surface area contributed by atoms with Crippen LogP contribution in [0.3, 0.4) is 0 Å². The minimum Gasteiger partial charge on any atom is -0.460 e. The lowest BCUT2D eigenvalue weighted by molar-refractivity contribution is 0.0717. The number of furan rings is 1. The molecule has 1 aromatic carbocycles. The predicted octanol–water partition coefficient (Wildman–Crippen LogP) is 4.01. The van der Waals surface area contributed by atoms with E-state index in [0.717, 1.165) is 17.9 Å². The Morgan fingerprint density at radius 2 is 1.95 bits per heavy atom. The van der Waals surface area contributed by atoms with Crippen LogP contribution in [0.25, 0.3) is 11.3 Å². The Bertz CT molecular complexity index is 587. The zero-order chi connectivity index (χ0) is 15.8. The van der Waals surface area contributed by atoms with Crippen molar-refractivity contribution in [1.82, 2.24) is 5.32 Å². The molecule has 120 valence electrons. The van der Waals surface area contributed by atoms with Gasteiger partial charge in [-0.25, -0.2) is 0 Å². The fourth-order valence-electron chi connectivity index (χ4n) is 1.91. The second-order valence-corrected chi connectivity index (χ2v) is 5.43. The Morgan fingerprint density at radius 1 is 1.09 bits per heavy atom. The third-order valence-electron chi connectivity index (χ3n) is 3.03. The van der Waals surface area contributed by atoms with Crippen molar-refractivity contribution in [2.75, 3.05) is 33.5 Å². The average molecular weight is 344 g/mol. The standard InChI is InChI=1S/C16H19Cl2NO3/c1-20-9-10-21-8-7-19-11-12-5-6-15(22-12)13-3-2-4-14(17)16(13)18/h2-6,19H,7-11H2,1H3. The van der Waals surface area contributed by atoms with Crippen molar-refractivity contribution in [2.24, 2.45) is 0 Å². The van der Waals surface area contributed by atoms with Crippen LogP contribution in [0.1, 0.15) is 5.76 Å². The maximum atomic E-state index is 6.19. The summed E-state index contributed by atoms with van der Waals surface area (Å²) in [5.74, 6) is 1.54. The quantitative estimate of drug-likeness (QED) is 0.698. The molecule has 6 heteroatoms. The third kappa shape index (κ3) is 5.00. The molecule has 0 amide bonds. The van der Waals surface area contributed by atoms with Crippen molar-refractivity contribution in [3.63, 3.8) is 0 Å². The van der Waals surface area contributed by atoms with E-state index in [-0.39, 0.29) is 0 Å². The second-order valence-electron chi connectivity index (χ2n) is 4.65. The smallest absolute Gasteiger partial charge is 0.135 e. The highest BCUT2D eigenvalue weighted by Crippen LogP contribution is 2.34. The van der Waals surface area contributed by atoms with Crippen LogP contribution < -0.4 is 5.32 Å². The normalized spacial score (nSPS) is 11.0. The molecule has 2 aromatic rings. The zero-order valence-electron chi connectivity index (χ0n) is 12.4. The van der Waals surface area contributed by atoms with Crippen molar-refractivity contribution >= 4 is 23.2 Å². The van der Waals surface area contributed by atoms with Crippen LogP contribution in [-0.4, -0.2) is 33.5 Å². The molecule has 0 saturated carbocycles. The van der Waals surface area contributed by atoms with E-state index in [4.69, 9.17) is 37.1 Å². The Labute approximate surface area is 140 Å². The molecular formula is C16H19Cl2NO3. The highest BCUT2D eigenvalue weighted by molar-refractivity contribution is 6.43. The first-order valence-electron chi connectivity index (χ1n) is 7.03. The Hall–Kier alpha value is -1.04. The van der Waals surface area contributed by atoms with E-state index in [1.54, 1.807) is 13.2 Å². The van der Waals surface area contributed by atoms with Gasteiger partial charge >= 0.3 is 0 Å². The molecule has 0 saturated heterocycles. The molecule has 0 radical (unpaired) electrons. The van der Waals surface area contributed by atoms with E-state index in [0.29, 0.717) is 42.2 Å². The van der Waals surface area contributed by atoms with Crippen LogP contribution in [0.15, 0.2) is 34.7 Å². The van der Waals surface area contributed by atoms with Gasteiger partial charge in [-0.05, 0) is 24.3 Å². The van der Waals surface area contributed by atoms with Crippen LogP contribution in [0.4, 0.5) is 0 Å². The van der Waals surface area contributed by atoms with Gasteiger partial charge in [0.25, 0.3) is 0 Å². The molecule has 0 aliphatic heterocycles. The number of benzene rings is 1. The van der Waals surface area contributed by atoms with E-state index in [1.165, 1.54) is 0 Å². The zero-order valence-corrected chi connectivity index (χ0v) is 13.9. The molecule has 4 nitrogen and oxygen atoms in total. The van der Waals surface area contributed by atoms with Crippen LogP contribution in [-0.2, 0) is 16.0 Å². The minimum atomic E-state index is 0.504. The Balaban J connectivity index is 1.81. The molecule has 1 aromatic heterocycles. The molecule has 1 heterocycles. The Morgan fingerprint density at radius 3 is 2.77 bits per heavy atom. The summed E-state index contributed by atoms with van der Waals surface area (Å²) in [5, 5.41) is 4.27. The van der Waals surface area contributed by atoms with Gasteiger partial charge in [0.05, 0.1) is 36.4 Å². The van der Waals surface area contributed by atoms with E-state index in [1.807, 2.05) is 24.3 Å². The van der Waals surface area contributed by atoms with Gasteiger partial charge in [-0.15, -0.1) is 0 Å². The van der Waals surface area contributed by atoms with E-state index in [2.05, 4.69) is 5.32 Å². The van der Waals surface area contributed by atoms with Crippen molar-refractivity contribution in [3.8, 4) is 11.3 Å². The number of hydrogen-bond acceptors (Lipinski definition) is 4. The summed E-state index contributed by atoms with van der Waals surface area (Å²) in [7, 11) is 1.66. The van der Waals surface area contributed by atoms with Gasteiger partial charge in [0.1, 0.15) is 11.5 Å². The summed E-state index contributed by atoms with van der Waals surface area (Å²) >= 11 is 12.2. The number of ether oxygens (including phenoxy) is 2. The Kier molecular flexibility index (Phi) is 7.22. The highest BCUT2D eigenvalue weighted by atomic mass is 35.5. The second kappa shape index (κ2) is 9.18. The van der Waals surface area contributed by atoms with E-state index >= 15 is 0 Å². The van der Waals surface area contributed by atoms with Crippen LogP contribution in [0, 0.1) is 0 Å². The summed E-state index contributed by atoms with van der Waals surface area (Å²) in [5.41, 5.74) is 0.795. The molecule has 0 bridgehead atoms. The fourth-order valence-corrected chi connectivity index (χ4v) is 2.31. The lowest BCUT2D eigenvalue weighted by Gasteiger charge is -2.05. The monoisotopic (exact) mass is 343 g/mol. The molecule has 0 aliphatic carbocycles. The topological polar surface area (TPSA) is 43.6 Å². The van der Waals surface area contributed by atoms with Gasteiger partial charge in [-0.1, -0.05) is 29.3 Å². The molecule has 0 unspecified atom stereocenters. The lowest BCUT2D eigenvalue weighted by Crippen LogP contribution is -2.19. The third-order valence-corrected chi connectivity index (χ3v) is 3.85. The largest absolute Gasteiger partial charge is 0.460 e. The maximum Gasteiger partial charge on any atom is 0.135 e. The van der Waals surface area contributed by atoms with Crippen molar-refractivity contribution in [1.29, 1.82) is 0 Å². The van der Waals surface area contributed by atoms with E-state index < -0.39 is 0 Å². The van der Waals surface area contributed by atoms with Gasteiger partial charge in [0, 0.05) is 19.2 Å². The summed E-state index contributed by atoms with van der Waals surface area (Å²) in [6.45, 7) is 3.23. The molecule has 0 fully saturated rings. The molecule has 2 rings (SSSR count). The van der Waals surface area contributed by atoms with Crippen LogP contribution in [0.5, 0.6) is 0 Å². The number of halogens is 2. The molecule has 1 N–H and O–H groups in total. The first kappa shape index (κ1) is 17.3. The molecule has 0 aliphatic rings. The first-order valence-corrected chi connectivity index (χ1v) is 7.78. The van der Waals surface area contributed by atoms with Gasteiger partial charge in [0.2, 0.25) is 0 Å². The fraction of sp³-hybridized carbons (Fsp3) is 0.375. The number of rotatable bonds is 9. The number of methoxy groups -OCH3 is 1. The van der Waals surface area contributed by atoms with Gasteiger partial charge in [0.15, 0.2) is 0 Å². The van der Waals surface area contributed by atoms with Crippen LogP contribution >= 0.6 is 23.2 Å². The molecule has 0 spiro atoms. The lowest BCUT2D eigenvalue weighted by atomic mass is 10.2. The van der Waals surface area contributed by atoms with Crippen molar-refractivity contribution < 1.29 is 13.9 Å². The average Bonchev–Trinajstić information content (AvgIpc) is 2.98. The number of nitrogens with one attached hydrogen (secondary N) is 1. The van der Waals surface area contributed by atoms with Gasteiger partial charge < -0.3 is 19.2 Å². The molecule has 22 heavy (non-hydrogen) atoms. The molecular weight excluding hydrogens is 325 g/mol. The SMILES string of the molecule is COCCOCCNCc1ccc(-c2cccc(Cl)c2Cl)o1.